The molecule has 148 valence electrons. The average Bonchev–Trinajstić information content (AvgIpc) is 2.65. The SMILES string of the molecule is COc1ccc(CNC(=O)CN2CCN(C(C)=O)CC2COC(=O)O)cc1. The third-order valence-corrected chi connectivity index (χ3v) is 4.44. The van der Waals surface area contributed by atoms with Gasteiger partial charge in [0, 0.05) is 33.1 Å². The maximum atomic E-state index is 12.3. The highest BCUT2D eigenvalue weighted by molar-refractivity contribution is 5.78. The number of hydrogen-bond acceptors (Lipinski definition) is 6. The average molecular weight is 379 g/mol. The summed E-state index contributed by atoms with van der Waals surface area (Å²) in [4.78, 5) is 38.0. The van der Waals surface area contributed by atoms with Gasteiger partial charge < -0.3 is 24.8 Å². The van der Waals surface area contributed by atoms with Crippen LogP contribution in [0.2, 0.25) is 0 Å². The molecular weight excluding hydrogens is 354 g/mol. The number of hydrogen-bond donors (Lipinski definition) is 2. The third kappa shape index (κ3) is 6.45. The van der Waals surface area contributed by atoms with Crippen LogP contribution in [0.1, 0.15) is 12.5 Å². The topological polar surface area (TPSA) is 108 Å². The summed E-state index contributed by atoms with van der Waals surface area (Å²) in [5.74, 6) is 0.482. The van der Waals surface area contributed by atoms with Crippen LogP contribution in [0.15, 0.2) is 24.3 Å². The van der Waals surface area contributed by atoms with Crippen LogP contribution in [0.3, 0.4) is 0 Å². The monoisotopic (exact) mass is 379 g/mol. The molecule has 0 radical (unpaired) electrons. The van der Waals surface area contributed by atoms with Crippen LogP contribution in [0.5, 0.6) is 5.75 Å². The molecule has 1 aliphatic heterocycles. The summed E-state index contributed by atoms with van der Waals surface area (Å²) in [5.41, 5.74) is 0.941. The summed E-state index contributed by atoms with van der Waals surface area (Å²) in [6.07, 6.45) is -1.38. The number of carboxylic acid groups (broad SMARTS) is 1. The first-order chi connectivity index (χ1) is 12.9. The number of nitrogens with zero attached hydrogens (tertiary/aromatic N) is 2. The predicted octanol–water partition coefficient (Wildman–Crippen LogP) is 0.539. The fourth-order valence-electron chi connectivity index (χ4n) is 2.90. The molecule has 0 bridgehead atoms. The van der Waals surface area contributed by atoms with Crippen molar-refractivity contribution in [2.24, 2.45) is 0 Å². The number of amides is 2. The van der Waals surface area contributed by atoms with Crippen molar-refractivity contribution < 1.29 is 29.0 Å². The minimum Gasteiger partial charge on any atom is -0.497 e. The lowest BCUT2D eigenvalue weighted by Crippen LogP contribution is -2.58. The Kier molecular flexibility index (Phi) is 7.42. The van der Waals surface area contributed by atoms with E-state index >= 15 is 0 Å². The van der Waals surface area contributed by atoms with Crippen molar-refractivity contribution in [1.82, 2.24) is 15.1 Å². The lowest BCUT2D eigenvalue weighted by atomic mass is 10.1. The second kappa shape index (κ2) is 9.77. The van der Waals surface area contributed by atoms with Gasteiger partial charge in [-0.05, 0) is 17.7 Å². The van der Waals surface area contributed by atoms with Crippen LogP contribution in [0, 0.1) is 0 Å². The summed E-state index contributed by atoms with van der Waals surface area (Å²) in [6.45, 7) is 3.15. The van der Waals surface area contributed by atoms with Crippen molar-refractivity contribution in [3.8, 4) is 5.75 Å². The molecule has 9 heteroatoms. The molecule has 0 aromatic heterocycles. The van der Waals surface area contributed by atoms with Crippen molar-refractivity contribution in [3.05, 3.63) is 29.8 Å². The number of carbonyl (C=O) groups excluding carboxylic acids is 2. The largest absolute Gasteiger partial charge is 0.505 e. The number of methoxy groups -OCH3 is 1. The molecule has 0 saturated carbocycles. The summed E-state index contributed by atoms with van der Waals surface area (Å²) in [7, 11) is 1.59. The summed E-state index contributed by atoms with van der Waals surface area (Å²) in [6, 6.07) is 7.02. The van der Waals surface area contributed by atoms with Crippen LogP contribution in [0.4, 0.5) is 4.79 Å². The molecule has 1 heterocycles. The number of nitrogens with one attached hydrogen (secondary N) is 1. The normalized spacial score (nSPS) is 17.3. The molecule has 1 fully saturated rings. The molecular formula is C18H25N3O6. The maximum Gasteiger partial charge on any atom is 0.505 e. The Morgan fingerprint density at radius 1 is 1.22 bits per heavy atom. The zero-order chi connectivity index (χ0) is 19.8. The van der Waals surface area contributed by atoms with Crippen molar-refractivity contribution in [2.75, 3.05) is 39.9 Å². The van der Waals surface area contributed by atoms with Gasteiger partial charge in [0.15, 0.2) is 0 Å². The summed E-state index contributed by atoms with van der Waals surface area (Å²) >= 11 is 0. The Labute approximate surface area is 157 Å². The Hall–Kier alpha value is -2.81. The molecule has 1 atom stereocenters. The molecule has 0 spiro atoms. The van der Waals surface area contributed by atoms with E-state index < -0.39 is 6.16 Å². The minimum absolute atomic E-state index is 0.0843. The summed E-state index contributed by atoms with van der Waals surface area (Å²) in [5, 5.41) is 11.6. The highest BCUT2D eigenvalue weighted by Crippen LogP contribution is 2.12. The molecule has 1 saturated heterocycles. The molecule has 2 amide bonds. The van der Waals surface area contributed by atoms with Crippen LogP contribution in [-0.4, -0.2) is 78.8 Å². The van der Waals surface area contributed by atoms with E-state index in [1.807, 2.05) is 29.2 Å². The van der Waals surface area contributed by atoms with Gasteiger partial charge in [-0.25, -0.2) is 4.79 Å². The maximum absolute atomic E-state index is 12.3. The number of piperazine rings is 1. The minimum atomic E-state index is -1.38. The molecule has 1 aliphatic rings. The van der Waals surface area contributed by atoms with E-state index in [1.165, 1.54) is 6.92 Å². The highest BCUT2D eigenvalue weighted by Gasteiger charge is 2.30. The fourth-order valence-corrected chi connectivity index (χ4v) is 2.90. The lowest BCUT2D eigenvalue weighted by molar-refractivity contribution is -0.133. The van der Waals surface area contributed by atoms with Gasteiger partial charge in [0.2, 0.25) is 11.8 Å². The third-order valence-electron chi connectivity index (χ3n) is 4.44. The van der Waals surface area contributed by atoms with Gasteiger partial charge in [-0.2, -0.15) is 0 Å². The first kappa shape index (κ1) is 20.5. The number of ether oxygens (including phenoxy) is 2. The molecule has 2 N–H and O–H groups in total. The number of rotatable bonds is 7. The first-order valence-corrected chi connectivity index (χ1v) is 8.64. The predicted molar refractivity (Wildman–Crippen MR) is 96.4 cm³/mol. The number of benzene rings is 1. The second-order valence-corrected chi connectivity index (χ2v) is 6.29. The smallest absolute Gasteiger partial charge is 0.497 e. The first-order valence-electron chi connectivity index (χ1n) is 8.64. The molecule has 27 heavy (non-hydrogen) atoms. The standard InChI is InChI=1S/C18H25N3O6/c1-13(22)20-7-8-21(15(10-20)12-27-18(24)25)11-17(23)19-9-14-3-5-16(26-2)6-4-14/h3-6,15H,7-12H2,1-2H3,(H,19,23)(H,24,25). The second-order valence-electron chi connectivity index (χ2n) is 6.29. The van der Waals surface area contributed by atoms with Crippen LogP contribution >= 0.6 is 0 Å². The zero-order valence-electron chi connectivity index (χ0n) is 15.5. The van der Waals surface area contributed by atoms with Crippen molar-refractivity contribution in [2.45, 2.75) is 19.5 Å². The Balaban J connectivity index is 1.88. The quantitative estimate of drug-likeness (QED) is 0.666. The van der Waals surface area contributed by atoms with Crippen molar-refractivity contribution in [3.63, 3.8) is 0 Å². The van der Waals surface area contributed by atoms with E-state index in [-0.39, 0.29) is 31.0 Å². The van der Waals surface area contributed by atoms with Crippen LogP contribution < -0.4 is 10.1 Å². The van der Waals surface area contributed by atoms with E-state index in [0.29, 0.717) is 26.2 Å². The molecule has 1 unspecified atom stereocenters. The van der Waals surface area contributed by atoms with E-state index in [2.05, 4.69) is 10.1 Å². The van der Waals surface area contributed by atoms with Gasteiger partial charge in [0.25, 0.3) is 0 Å². The van der Waals surface area contributed by atoms with Gasteiger partial charge in [-0.3, -0.25) is 14.5 Å². The molecule has 1 aromatic carbocycles. The van der Waals surface area contributed by atoms with Crippen LogP contribution in [-0.2, 0) is 20.9 Å². The summed E-state index contributed by atoms with van der Waals surface area (Å²) < 4.78 is 9.76. The lowest BCUT2D eigenvalue weighted by Gasteiger charge is -2.40. The highest BCUT2D eigenvalue weighted by atomic mass is 16.7. The van der Waals surface area contributed by atoms with E-state index in [0.717, 1.165) is 11.3 Å². The van der Waals surface area contributed by atoms with E-state index in [9.17, 15) is 14.4 Å². The van der Waals surface area contributed by atoms with Gasteiger partial charge >= 0.3 is 6.16 Å². The zero-order valence-corrected chi connectivity index (χ0v) is 15.5. The Bertz CT molecular complexity index is 664. The Morgan fingerprint density at radius 3 is 2.52 bits per heavy atom. The van der Waals surface area contributed by atoms with Crippen molar-refractivity contribution in [1.29, 1.82) is 0 Å². The van der Waals surface area contributed by atoms with Gasteiger partial charge in [-0.15, -0.1) is 0 Å². The molecule has 9 nitrogen and oxygen atoms in total. The Morgan fingerprint density at radius 2 is 1.93 bits per heavy atom. The van der Waals surface area contributed by atoms with Gasteiger partial charge in [0.1, 0.15) is 12.4 Å². The van der Waals surface area contributed by atoms with Gasteiger partial charge in [-0.1, -0.05) is 12.1 Å². The fraction of sp³-hybridized carbons (Fsp3) is 0.500. The van der Waals surface area contributed by atoms with E-state index in [4.69, 9.17) is 9.84 Å². The van der Waals surface area contributed by atoms with E-state index in [1.54, 1.807) is 12.0 Å². The number of carbonyl (C=O) groups is 3. The molecule has 0 aliphatic carbocycles. The van der Waals surface area contributed by atoms with Crippen LogP contribution in [0.25, 0.3) is 0 Å². The van der Waals surface area contributed by atoms with Crippen molar-refractivity contribution >= 4 is 18.0 Å². The molecule has 1 aromatic rings. The van der Waals surface area contributed by atoms with Gasteiger partial charge in [0.05, 0.1) is 19.7 Å². The molecule has 2 rings (SSSR count).